The Kier molecular flexibility index (Phi) is 3.70. The summed E-state index contributed by atoms with van der Waals surface area (Å²) < 4.78 is 0. The number of carbonyl (C=O) groups is 1. The third kappa shape index (κ3) is 2.55. The molecule has 2 atom stereocenters. The summed E-state index contributed by atoms with van der Waals surface area (Å²) >= 11 is 6.05. The molecule has 0 aromatic heterocycles. The Labute approximate surface area is 128 Å². The number of halogens is 1. The van der Waals surface area contributed by atoms with Crippen molar-refractivity contribution < 1.29 is 9.90 Å². The Morgan fingerprint density at radius 1 is 1.24 bits per heavy atom. The molecule has 0 radical (unpaired) electrons. The summed E-state index contributed by atoms with van der Waals surface area (Å²) in [4.78, 5) is 12.4. The van der Waals surface area contributed by atoms with E-state index in [0.29, 0.717) is 17.0 Å². The molecule has 1 aliphatic carbocycles. The Morgan fingerprint density at radius 3 is 2.81 bits per heavy atom. The van der Waals surface area contributed by atoms with Gasteiger partial charge >= 0.3 is 0 Å². The first-order chi connectivity index (χ1) is 10.1. The molecule has 3 rings (SSSR count). The van der Waals surface area contributed by atoms with Gasteiger partial charge in [0.05, 0.1) is 12.1 Å². The molecule has 21 heavy (non-hydrogen) atoms. The van der Waals surface area contributed by atoms with E-state index in [1.807, 2.05) is 31.2 Å². The molecule has 0 bridgehead atoms. The van der Waals surface area contributed by atoms with Gasteiger partial charge in [0.15, 0.2) is 0 Å². The second-order valence-electron chi connectivity index (χ2n) is 5.33. The lowest BCUT2D eigenvalue weighted by Crippen LogP contribution is -2.34. The molecule has 1 aliphatic rings. The van der Waals surface area contributed by atoms with Gasteiger partial charge in [-0.25, -0.2) is 0 Å². The van der Waals surface area contributed by atoms with E-state index in [2.05, 4.69) is 5.32 Å². The zero-order valence-corrected chi connectivity index (χ0v) is 12.4. The first kappa shape index (κ1) is 14.1. The largest absolute Gasteiger partial charge is 0.390 e. The maximum Gasteiger partial charge on any atom is 0.252 e. The zero-order chi connectivity index (χ0) is 15.0. The fraction of sp³-hybridized carbons (Fsp3) is 0.235. The monoisotopic (exact) mass is 301 g/mol. The highest BCUT2D eigenvalue weighted by molar-refractivity contribution is 6.31. The third-order valence-electron chi connectivity index (χ3n) is 4.00. The lowest BCUT2D eigenvalue weighted by molar-refractivity contribution is 0.0857. The summed E-state index contributed by atoms with van der Waals surface area (Å²) in [6.07, 6.45) is -0.0267. The van der Waals surface area contributed by atoms with Crippen molar-refractivity contribution in [3.05, 3.63) is 69.7 Å². The predicted octanol–water partition coefficient (Wildman–Crippen LogP) is 3.04. The van der Waals surface area contributed by atoms with Crippen LogP contribution >= 0.6 is 11.6 Å². The van der Waals surface area contributed by atoms with Crippen LogP contribution in [0, 0.1) is 6.92 Å². The maximum absolute atomic E-state index is 12.4. The topological polar surface area (TPSA) is 49.3 Å². The highest BCUT2D eigenvalue weighted by Gasteiger charge is 2.32. The van der Waals surface area contributed by atoms with E-state index in [9.17, 15) is 9.90 Å². The average molecular weight is 302 g/mol. The number of carbonyl (C=O) groups excluding carboxylic acids is 1. The van der Waals surface area contributed by atoms with Crippen LogP contribution < -0.4 is 5.32 Å². The van der Waals surface area contributed by atoms with Crippen molar-refractivity contribution in [2.24, 2.45) is 0 Å². The molecule has 2 N–H and O–H groups in total. The number of hydrogen-bond acceptors (Lipinski definition) is 2. The molecule has 0 aliphatic heterocycles. The molecule has 0 unspecified atom stereocenters. The van der Waals surface area contributed by atoms with Crippen molar-refractivity contribution in [3.8, 4) is 0 Å². The molecule has 0 saturated heterocycles. The van der Waals surface area contributed by atoms with Crippen LogP contribution in [0.15, 0.2) is 42.5 Å². The van der Waals surface area contributed by atoms with Crippen molar-refractivity contribution in [3.63, 3.8) is 0 Å². The van der Waals surface area contributed by atoms with Crippen molar-refractivity contribution in [2.75, 3.05) is 0 Å². The standard InChI is InChI=1S/C17H16ClNO2/c1-10-12(7-4-8-14(10)18)17(21)19-16-13-6-3-2-5-11(13)9-15(16)20/h2-8,15-16,20H,9H2,1H3,(H,19,21)/t15-,16+/m0/s1. The zero-order valence-electron chi connectivity index (χ0n) is 11.6. The molecule has 3 nitrogen and oxygen atoms in total. The van der Waals surface area contributed by atoms with Crippen molar-refractivity contribution in [1.82, 2.24) is 5.32 Å². The van der Waals surface area contributed by atoms with Crippen LogP contribution in [0.4, 0.5) is 0 Å². The van der Waals surface area contributed by atoms with Gasteiger partial charge < -0.3 is 10.4 Å². The van der Waals surface area contributed by atoms with Crippen LogP contribution in [-0.4, -0.2) is 17.1 Å². The molecule has 2 aromatic rings. The van der Waals surface area contributed by atoms with Gasteiger partial charge in [0.25, 0.3) is 5.91 Å². The van der Waals surface area contributed by atoms with Crippen LogP contribution in [0.2, 0.25) is 5.02 Å². The summed E-state index contributed by atoms with van der Waals surface area (Å²) in [6, 6.07) is 12.7. The first-order valence-electron chi connectivity index (χ1n) is 6.90. The summed E-state index contributed by atoms with van der Waals surface area (Å²) in [5.41, 5.74) is 3.35. The number of benzene rings is 2. The van der Waals surface area contributed by atoms with Gasteiger partial charge in [0.1, 0.15) is 0 Å². The second kappa shape index (κ2) is 5.51. The van der Waals surface area contributed by atoms with E-state index in [0.717, 1.165) is 16.7 Å². The number of hydrogen-bond donors (Lipinski definition) is 2. The fourth-order valence-corrected chi connectivity index (χ4v) is 2.99. The summed E-state index contributed by atoms with van der Waals surface area (Å²) in [6.45, 7) is 1.82. The second-order valence-corrected chi connectivity index (χ2v) is 5.74. The van der Waals surface area contributed by atoms with Gasteiger partial charge in [-0.05, 0) is 35.7 Å². The van der Waals surface area contributed by atoms with Gasteiger partial charge in [-0.3, -0.25) is 4.79 Å². The van der Waals surface area contributed by atoms with Crippen LogP contribution in [-0.2, 0) is 6.42 Å². The number of amides is 1. The Bertz CT molecular complexity index is 699. The van der Waals surface area contributed by atoms with Crippen LogP contribution in [0.1, 0.15) is 33.1 Å². The molecule has 2 aromatic carbocycles. The first-order valence-corrected chi connectivity index (χ1v) is 7.27. The number of fused-ring (bicyclic) bond motifs is 1. The molecule has 0 heterocycles. The summed E-state index contributed by atoms with van der Waals surface area (Å²) in [5, 5.41) is 13.7. The van der Waals surface area contributed by atoms with Crippen molar-refractivity contribution >= 4 is 17.5 Å². The minimum atomic E-state index is -0.592. The fourth-order valence-electron chi connectivity index (χ4n) is 2.82. The molecule has 0 saturated carbocycles. The predicted molar refractivity (Wildman–Crippen MR) is 82.5 cm³/mol. The number of aliphatic hydroxyl groups excluding tert-OH is 1. The number of aliphatic hydroxyl groups is 1. The normalized spacial score (nSPS) is 20.1. The van der Waals surface area contributed by atoms with Gasteiger partial charge in [-0.2, -0.15) is 0 Å². The SMILES string of the molecule is Cc1c(Cl)cccc1C(=O)N[C@@H]1c2ccccc2C[C@@H]1O. The molecule has 1 amide bonds. The number of rotatable bonds is 2. The highest BCUT2D eigenvalue weighted by Crippen LogP contribution is 2.31. The average Bonchev–Trinajstić information content (AvgIpc) is 2.78. The van der Waals surface area contributed by atoms with Crippen LogP contribution in [0.5, 0.6) is 0 Å². The molecular weight excluding hydrogens is 286 g/mol. The van der Waals surface area contributed by atoms with E-state index >= 15 is 0 Å². The van der Waals surface area contributed by atoms with E-state index < -0.39 is 6.10 Å². The van der Waals surface area contributed by atoms with Gasteiger partial charge in [-0.15, -0.1) is 0 Å². The maximum atomic E-state index is 12.4. The van der Waals surface area contributed by atoms with Gasteiger partial charge in [-0.1, -0.05) is 41.9 Å². The summed E-state index contributed by atoms with van der Waals surface area (Å²) in [7, 11) is 0. The Balaban J connectivity index is 1.87. The van der Waals surface area contributed by atoms with Crippen LogP contribution in [0.25, 0.3) is 0 Å². The lowest BCUT2D eigenvalue weighted by Gasteiger charge is -2.19. The molecule has 4 heteroatoms. The minimum Gasteiger partial charge on any atom is -0.390 e. The van der Waals surface area contributed by atoms with Gasteiger partial charge in [0, 0.05) is 17.0 Å². The van der Waals surface area contributed by atoms with Crippen molar-refractivity contribution in [1.29, 1.82) is 0 Å². The number of nitrogens with one attached hydrogen (secondary N) is 1. The van der Waals surface area contributed by atoms with E-state index in [1.165, 1.54) is 0 Å². The van der Waals surface area contributed by atoms with E-state index in [-0.39, 0.29) is 11.9 Å². The summed E-state index contributed by atoms with van der Waals surface area (Å²) in [5.74, 6) is -0.212. The van der Waals surface area contributed by atoms with Crippen molar-refractivity contribution in [2.45, 2.75) is 25.5 Å². The van der Waals surface area contributed by atoms with E-state index in [4.69, 9.17) is 11.6 Å². The van der Waals surface area contributed by atoms with Gasteiger partial charge in [0.2, 0.25) is 0 Å². The quantitative estimate of drug-likeness (QED) is 0.896. The lowest BCUT2D eigenvalue weighted by atomic mass is 10.1. The highest BCUT2D eigenvalue weighted by atomic mass is 35.5. The van der Waals surface area contributed by atoms with E-state index in [1.54, 1.807) is 18.2 Å². The third-order valence-corrected chi connectivity index (χ3v) is 4.41. The van der Waals surface area contributed by atoms with Crippen LogP contribution in [0.3, 0.4) is 0 Å². The Hall–Kier alpha value is -1.84. The Morgan fingerprint density at radius 2 is 2.00 bits per heavy atom. The smallest absolute Gasteiger partial charge is 0.252 e. The molecule has 0 fully saturated rings. The minimum absolute atomic E-state index is 0.212. The molecular formula is C17H16ClNO2. The molecule has 108 valence electrons. The molecule has 0 spiro atoms.